The third kappa shape index (κ3) is 2.59. The summed E-state index contributed by atoms with van der Waals surface area (Å²) >= 11 is 0. The van der Waals surface area contributed by atoms with Crippen molar-refractivity contribution in [2.45, 2.75) is 4.90 Å². The fourth-order valence-electron chi connectivity index (χ4n) is 1.07. The molecule has 0 saturated carbocycles. The minimum Gasteiger partial charge on any atom is -0.266 e. The van der Waals surface area contributed by atoms with E-state index in [4.69, 9.17) is 0 Å². The van der Waals surface area contributed by atoms with Gasteiger partial charge in [0, 0.05) is 6.26 Å². The Morgan fingerprint density at radius 2 is 1.93 bits per heavy atom. The van der Waals surface area contributed by atoms with Crippen molar-refractivity contribution >= 4 is 21.8 Å². The average molecular weight is 225 g/mol. The van der Waals surface area contributed by atoms with Crippen molar-refractivity contribution in [3.8, 4) is 0 Å². The van der Waals surface area contributed by atoms with E-state index in [0.717, 1.165) is 12.3 Å². The van der Waals surface area contributed by atoms with Gasteiger partial charge in [-0.2, -0.15) is 0 Å². The molecule has 0 aliphatic heterocycles. The number of hydrogen-bond donors (Lipinski definition) is 0. The van der Waals surface area contributed by atoms with Crippen LogP contribution in [0.3, 0.4) is 0 Å². The van der Waals surface area contributed by atoms with E-state index >= 15 is 0 Å². The number of rotatable bonds is 2. The molecule has 15 heavy (non-hydrogen) atoms. The van der Waals surface area contributed by atoms with E-state index in [1.54, 1.807) is 0 Å². The molecule has 0 unspecified atom stereocenters. The number of carbonyl (C=O) groups is 1. The van der Waals surface area contributed by atoms with Crippen LogP contribution in [0.15, 0.2) is 34.2 Å². The van der Waals surface area contributed by atoms with E-state index in [1.165, 1.54) is 24.3 Å². The summed E-state index contributed by atoms with van der Waals surface area (Å²) in [5.74, 6) is -0.911. The van der Waals surface area contributed by atoms with Crippen LogP contribution in [0.4, 0.5) is 0 Å². The zero-order valence-electron chi connectivity index (χ0n) is 7.80. The maximum Gasteiger partial charge on any atom is 0.289 e. The predicted octanol–water partition coefficient (Wildman–Crippen LogP) is 0.566. The summed E-state index contributed by atoms with van der Waals surface area (Å²) in [6.45, 7) is 0. The minimum atomic E-state index is -3.51. The zero-order valence-corrected chi connectivity index (χ0v) is 8.61. The Kier molecular flexibility index (Phi) is 3.14. The molecule has 0 radical (unpaired) electrons. The third-order valence-corrected chi connectivity index (χ3v) is 2.82. The number of aliphatic imine (C=N–C) groups is 1. The van der Waals surface area contributed by atoms with Gasteiger partial charge in [0.2, 0.25) is 6.08 Å². The van der Waals surface area contributed by atoms with Crippen LogP contribution in [-0.2, 0) is 14.6 Å². The van der Waals surface area contributed by atoms with E-state index in [2.05, 4.69) is 4.99 Å². The van der Waals surface area contributed by atoms with Crippen LogP contribution in [0.5, 0.6) is 0 Å². The first-order chi connectivity index (χ1) is 6.96. The second-order valence-corrected chi connectivity index (χ2v) is 4.76. The first kappa shape index (κ1) is 11.3. The standard InChI is InChI=1S/C9H7NO4S/c1-15(13,14)8-5-3-2-4-7(8)9(12)10-6-11/h2-5H,1H3. The van der Waals surface area contributed by atoms with Crippen LogP contribution in [0.25, 0.3) is 0 Å². The lowest BCUT2D eigenvalue weighted by Crippen LogP contribution is -2.06. The molecule has 1 aromatic rings. The highest BCUT2D eigenvalue weighted by molar-refractivity contribution is 7.90. The van der Waals surface area contributed by atoms with Crippen molar-refractivity contribution in [2.75, 3.05) is 6.26 Å². The Labute approximate surface area is 86.4 Å². The highest BCUT2D eigenvalue weighted by Crippen LogP contribution is 2.15. The first-order valence-electron chi connectivity index (χ1n) is 3.88. The average Bonchev–Trinajstić information content (AvgIpc) is 2.17. The van der Waals surface area contributed by atoms with Crippen LogP contribution >= 0.6 is 0 Å². The molecular formula is C9H7NO4S. The third-order valence-electron chi connectivity index (χ3n) is 1.66. The Balaban J connectivity index is 3.43. The lowest BCUT2D eigenvalue weighted by Gasteiger charge is -2.02. The van der Waals surface area contributed by atoms with Gasteiger partial charge >= 0.3 is 0 Å². The fourth-order valence-corrected chi connectivity index (χ4v) is 1.95. The molecule has 78 valence electrons. The summed E-state index contributed by atoms with van der Waals surface area (Å²) in [6.07, 6.45) is 2.05. The van der Waals surface area contributed by atoms with Crippen molar-refractivity contribution < 1.29 is 18.0 Å². The van der Waals surface area contributed by atoms with Crippen LogP contribution in [0.1, 0.15) is 10.4 Å². The quantitative estimate of drug-likeness (QED) is 0.544. The van der Waals surface area contributed by atoms with Gasteiger partial charge in [-0.25, -0.2) is 13.2 Å². The Hall–Kier alpha value is -1.78. The number of nitrogens with zero attached hydrogens (tertiary/aromatic N) is 1. The summed E-state index contributed by atoms with van der Waals surface area (Å²) < 4.78 is 22.5. The fraction of sp³-hybridized carbons (Fsp3) is 0.111. The Morgan fingerprint density at radius 1 is 1.33 bits per heavy atom. The molecule has 1 amide bonds. The summed E-state index contributed by atoms with van der Waals surface area (Å²) in [5.41, 5.74) is -0.122. The second-order valence-electron chi connectivity index (χ2n) is 2.78. The summed E-state index contributed by atoms with van der Waals surface area (Å²) in [4.78, 5) is 23.8. The van der Waals surface area contributed by atoms with Gasteiger partial charge in [-0.05, 0) is 12.1 Å². The highest BCUT2D eigenvalue weighted by atomic mass is 32.2. The van der Waals surface area contributed by atoms with Crippen molar-refractivity contribution in [3.05, 3.63) is 29.8 Å². The van der Waals surface area contributed by atoms with Gasteiger partial charge in [-0.3, -0.25) is 4.79 Å². The molecule has 0 aliphatic carbocycles. The number of isocyanates is 1. The van der Waals surface area contributed by atoms with Crippen molar-refractivity contribution in [1.82, 2.24) is 0 Å². The predicted molar refractivity (Wildman–Crippen MR) is 52.0 cm³/mol. The normalized spacial score (nSPS) is 10.5. The van der Waals surface area contributed by atoms with Gasteiger partial charge in [-0.15, -0.1) is 4.99 Å². The van der Waals surface area contributed by atoms with Gasteiger partial charge in [0.25, 0.3) is 5.91 Å². The van der Waals surface area contributed by atoms with Crippen LogP contribution in [0, 0.1) is 0 Å². The summed E-state index contributed by atoms with van der Waals surface area (Å²) in [7, 11) is -3.51. The van der Waals surface area contributed by atoms with Crippen molar-refractivity contribution in [2.24, 2.45) is 4.99 Å². The van der Waals surface area contributed by atoms with Gasteiger partial charge < -0.3 is 0 Å². The molecule has 0 atom stereocenters. The van der Waals surface area contributed by atoms with E-state index in [1.807, 2.05) is 0 Å². The molecule has 0 aromatic heterocycles. The minimum absolute atomic E-state index is 0.122. The smallest absolute Gasteiger partial charge is 0.266 e. The number of amides is 1. The van der Waals surface area contributed by atoms with E-state index in [9.17, 15) is 18.0 Å². The lowest BCUT2D eigenvalue weighted by atomic mass is 10.2. The molecule has 0 heterocycles. The zero-order chi connectivity index (χ0) is 11.5. The molecule has 0 N–H and O–H groups in total. The molecule has 6 heteroatoms. The SMILES string of the molecule is CS(=O)(=O)c1ccccc1C(=O)N=C=O. The lowest BCUT2D eigenvalue weighted by molar-refractivity contribution is 0.1000. The second kappa shape index (κ2) is 4.16. The molecule has 0 spiro atoms. The molecule has 0 aliphatic rings. The Morgan fingerprint density at radius 3 is 2.47 bits per heavy atom. The van der Waals surface area contributed by atoms with Gasteiger partial charge in [0.05, 0.1) is 10.5 Å². The highest BCUT2D eigenvalue weighted by Gasteiger charge is 2.17. The molecule has 1 rings (SSSR count). The van der Waals surface area contributed by atoms with Gasteiger partial charge in [0.15, 0.2) is 9.84 Å². The topological polar surface area (TPSA) is 80.6 Å². The monoisotopic (exact) mass is 225 g/mol. The van der Waals surface area contributed by atoms with Crippen molar-refractivity contribution in [1.29, 1.82) is 0 Å². The maximum absolute atomic E-state index is 11.3. The number of hydrogen-bond acceptors (Lipinski definition) is 4. The van der Waals surface area contributed by atoms with Crippen LogP contribution < -0.4 is 0 Å². The van der Waals surface area contributed by atoms with E-state index < -0.39 is 15.7 Å². The van der Waals surface area contributed by atoms with E-state index in [-0.39, 0.29) is 10.5 Å². The molecule has 0 saturated heterocycles. The molecule has 5 nitrogen and oxygen atoms in total. The van der Waals surface area contributed by atoms with Crippen molar-refractivity contribution in [3.63, 3.8) is 0 Å². The number of carbonyl (C=O) groups excluding carboxylic acids is 2. The van der Waals surface area contributed by atoms with Gasteiger partial charge in [0.1, 0.15) is 0 Å². The number of benzene rings is 1. The van der Waals surface area contributed by atoms with Crippen LogP contribution in [-0.4, -0.2) is 26.7 Å². The molecular weight excluding hydrogens is 218 g/mol. The maximum atomic E-state index is 11.3. The Bertz CT molecular complexity index is 541. The summed E-state index contributed by atoms with van der Waals surface area (Å²) in [5, 5.41) is 0. The summed E-state index contributed by atoms with van der Waals surface area (Å²) in [6, 6.07) is 5.54. The van der Waals surface area contributed by atoms with Gasteiger partial charge in [-0.1, -0.05) is 12.1 Å². The first-order valence-corrected chi connectivity index (χ1v) is 5.77. The molecule has 0 fully saturated rings. The molecule has 0 bridgehead atoms. The van der Waals surface area contributed by atoms with Crippen LogP contribution in [0.2, 0.25) is 0 Å². The molecule has 1 aromatic carbocycles. The van der Waals surface area contributed by atoms with E-state index in [0.29, 0.717) is 0 Å². The largest absolute Gasteiger partial charge is 0.289 e. The number of sulfone groups is 1.